The van der Waals surface area contributed by atoms with E-state index in [4.69, 9.17) is 0 Å². The van der Waals surface area contributed by atoms with Crippen molar-refractivity contribution >= 4 is 17.3 Å². The zero-order valence-electron chi connectivity index (χ0n) is 22.4. The monoisotopic (exact) mass is 485 g/mol. The molecule has 5 nitrogen and oxygen atoms in total. The first-order chi connectivity index (χ1) is 16.9. The molecule has 0 aliphatic heterocycles. The number of hydrogen-bond donors (Lipinski definition) is 3. The van der Waals surface area contributed by atoms with E-state index in [1.165, 1.54) is 11.1 Å². The van der Waals surface area contributed by atoms with Crippen LogP contribution in [-0.4, -0.2) is 24.7 Å². The van der Waals surface area contributed by atoms with E-state index >= 15 is 0 Å². The van der Waals surface area contributed by atoms with E-state index in [0.29, 0.717) is 44.0 Å². The number of benzene rings is 2. The summed E-state index contributed by atoms with van der Waals surface area (Å²) in [6.07, 6.45) is 3.54. The van der Waals surface area contributed by atoms with E-state index in [-0.39, 0.29) is 22.5 Å². The molecular weight excluding hydrogens is 434 g/mol. The van der Waals surface area contributed by atoms with Crippen molar-refractivity contribution < 1.29 is 13.9 Å². The normalized spacial score (nSPS) is 11.0. The predicted molar refractivity (Wildman–Crippen MR) is 155 cm³/mol. The predicted octanol–water partition coefficient (Wildman–Crippen LogP) is 7.10. The first-order valence-electron chi connectivity index (χ1n) is 13.0. The van der Waals surface area contributed by atoms with Crippen LogP contribution in [0.5, 0.6) is 0 Å². The summed E-state index contributed by atoms with van der Waals surface area (Å²) in [5.74, 6) is 1.31. The molecule has 1 atom stereocenters. The van der Waals surface area contributed by atoms with Gasteiger partial charge < -0.3 is 16.0 Å². The van der Waals surface area contributed by atoms with Crippen molar-refractivity contribution in [2.75, 3.05) is 18.4 Å². The fourth-order valence-corrected chi connectivity index (χ4v) is 3.75. The average Bonchev–Trinajstić information content (AvgIpc) is 2.88. The molecule has 0 radical (unpaired) electrons. The fourth-order valence-electron chi connectivity index (χ4n) is 3.75. The van der Waals surface area contributed by atoms with Crippen LogP contribution in [0.2, 0.25) is 0 Å². The molecule has 0 saturated heterocycles. The van der Waals surface area contributed by atoms with Crippen molar-refractivity contribution in [2.45, 2.75) is 79.2 Å². The van der Waals surface area contributed by atoms with Crippen LogP contribution in [0.1, 0.15) is 87.2 Å². The highest BCUT2D eigenvalue weighted by Gasteiger charge is 2.11. The van der Waals surface area contributed by atoms with Gasteiger partial charge in [0.15, 0.2) is 5.78 Å². The van der Waals surface area contributed by atoms with Gasteiger partial charge in [-0.25, -0.2) is 0 Å². The van der Waals surface area contributed by atoms with Crippen molar-refractivity contribution in [3.05, 3.63) is 77.6 Å². The van der Waals surface area contributed by atoms with Crippen LogP contribution in [0.15, 0.2) is 60.9 Å². The summed E-state index contributed by atoms with van der Waals surface area (Å²) < 4.78 is 0. The van der Waals surface area contributed by atoms with Gasteiger partial charge in [-0.05, 0) is 41.5 Å². The van der Waals surface area contributed by atoms with Gasteiger partial charge in [-0.3, -0.25) is 9.59 Å². The van der Waals surface area contributed by atoms with Gasteiger partial charge in [-0.2, -0.15) is 0 Å². The lowest BCUT2D eigenvalue weighted by molar-refractivity contribution is -0.119. The number of rotatable bonds is 16. The molecule has 0 bridgehead atoms. The Morgan fingerprint density at radius 1 is 0.971 bits per heavy atom. The third kappa shape index (κ3) is 11.7. The minimum atomic E-state index is 0. The molecule has 0 unspecified atom stereocenters. The highest BCUT2D eigenvalue weighted by molar-refractivity contribution is 5.81. The zero-order chi connectivity index (χ0) is 26.1. The van der Waals surface area contributed by atoms with Crippen LogP contribution in [0.4, 0.5) is 5.69 Å². The number of nitrogens with one attached hydrogen (secondary N) is 3. The molecule has 198 valence electrons. The van der Waals surface area contributed by atoms with Crippen LogP contribution in [0.25, 0.3) is 0 Å². The number of hydrogen-bond acceptors (Lipinski definition) is 5. The Morgan fingerprint density at radius 3 is 2.34 bits per heavy atom. The topological polar surface area (TPSA) is 70.2 Å². The van der Waals surface area contributed by atoms with Gasteiger partial charge >= 0.3 is 0 Å². The molecule has 0 spiro atoms. The third-order valence-electron chi connectivity index (χ3n) is 5.71. The molecule has 2 aromatic carbocycles. The second kappa shape index (κ2) is 17.4. The smallest absolute Gasteiger partial charge is 0.152 e. The van der Waals surface area contributed by atoms with Crippen molar-refractivity contribution in [1.82, 2.24) is 10.6 Å². The minimum absolute atomic E-state index is 0. The molecule has 3 N–H and O–H groups in total. The summed E-state index contributed by atoms with van der Waals surface area (Å²) in [6, 6.07) is 16.4. The van der Waals surface area contributed by atoms with Crippen LogP contribution >= 0.6 is 0 Å². The maximum Gasteiger partial charge on any atom is 0.152 e. The molecule has 0 aliphatic carbocycles. The standard InChI is InChI=1S/C28H39N3O2.C2H6.3H2/c1-5-10-26(32)15-16-29-28-14-13-23(18-24(28)6-2)19-30-22(4)31-20-27(33)17-21(3)25-11-8-7-9-12-25;1-2;;;/h7-9,11-14,18,21,29-31H,4-6,10,15-17,19-20H2,1-3H3;1-2H3;3*1H/t21-;;;;/m0..../s1. The lowest BCUT2D eigenvalue weighted by Crippen LogP contribution is -2.30. The van der Waals surface area contributed by atoms with E-state index in [9.17, 15) is 9.59 Å². The maximum absolute atomic E-state index is 12.3. The molecule has 0 aromatic heterocycles. The number of aryl methyl sites for hydroxylation is 1. The minimum Gasteiger partial charge on any atom is -0.384 e. The van der Waals surface area contributed by atoms with Crippen molar-refractivity contribution in [3.8, 4) is 0 Å². The Balaban J connectivity index is -0.00000239. The van der Waals surface area contributed by atoms with Gasteiger partial charge in [0.2, 0.25) is 0 Å². The van der Waals surface area contributed by atoms with Crippen LogP contribution in [0, 0.1) is 0 Å². The third-order valence-corrected chi connectivity index (χ3v) is 5.71. The summed E-state index contributed by atoms with van der Waals surface area (Å²) >= 11 is 0. The molecule has 0 amide bonds. The molecule has 0 aliphatic rings. The summed E-state index contributed by atoms with van der Waals surface area (Å²) in [5, 5.41) is 9.76. The zero-order valence-corrected chi connectivity index (χ0v) is 22.4. The van der Waals surface area contributed by atoms with E-state index in [0.717, 1.165) is 24.1 Å². The summed E-state index contributed by atoms with van der Waals surface area (Å²) in [6.45, 7) is 15.8. The molecule has 2 rings (SSSR count). The Labute approximate surface area is 217 Å². The van der Waals surface area contributed by atoms with E-state index in [1.807, 2.05) is 39.0 Å². The highest BCUT2D eigenvalue weighted by Crippen LogP contribution is 2.19. The molecule has 0 fully saturated rings. The van der Waals surface area contributed by atoms with Crippen LogP contribution in [-0.2, 0) is 22.6 Å². The van der Waals surface area contributed by atoms with E-state index < -0.39 is 0 Å². The number of anilines is 1. The summed E-state index contributed by atoms with van der Waals surface area (Å²) in [4.78, 5) is 24.1. The SMILES string of the molecule is C=C(NCC(=O)C[C@H](C)c1ccccc1)NCc1ccc(NCCC(=O)CCC)c(CC)c1.CC.[HH].[HH].[HH]. The van der Waals surface area contributed by atoms with Gasteiger partial charge in [0.05, 0.1) is 12.4 Å². The summed E-state index contributed by atoms with van der Waals surface area (Å²) in [7, 11) is 0. The van der Waals surface area contributed by atoms with Gasteiger partial charge in [0.1, 0.15) is 5.78 Å². The van der Waals surface area contributed by atoms with E-state index in [2.05, 4.69) is 66.7 Å². The first-order valence-corrected chi connectivity index (χ1v) is 13.0. The molecule has 0 heterocycles. The van der Waals surface area contributed by atoms with Crippen LogP contribution < -0.4 is 16.0 Å². The molecule has 5 heteroatoms. The fraction of sp³-hybridized carbons (Fsp3) is 0.467. The molecular formula is C30H51N3O2. The Kier molecular flexibility index (Phi) is 14.9. The maximum atomic E-state index is 12.3. The lowest BCUT2D eigenvalue weighted by Gasteiger charge is -2.16. The van der Waals surface area contributed by atoms with Gasteiger partial charge in [-0.15, -0.1) is 0 Å². The summed E-state index contributed by atoms with van der Waals surface area (Å²) in [5.41, 5.74) is 4.63. The number of carbonyl (C=O) groups is 2. The Hall–Kier alpha value is -3.08. The average molecular weight is 486 g/mol. The van der Waals surface area contributed by atoms with Crippen LogP contribution in [0.3, 0.4) is 0 Å². The first kappa shape index (κ1) is 30.0. The number of carbonyl (C=O) groups excluding carboxylic acids is 2. The number of ketones is 2. The molecule has 0 saturated carbocycles. The second-order valence-corrected chi connectivity index (χ2v) is 8.55. The molecule has 35 heavy (non-hydrogen) atoms. The quantitative estimate of drug-likeness (QED) is 0.237. The highest BCUT2D eigenvalue weighted by atomic mass is 16.1. The largest absolute Gasteiger partial charge is 0.384 e. The van der Waals surface area contributed by atoms with Gasteiger partial charge in [0.25, 0.3) is 0 Å². The lowest BCUT2D eigenvalue weighted by atomic mass is 9.96. The van der Waals surface area contributed by atoms with Crippen molar-refractivity contribution in [1.29, 1.82) is 0 Å². The second-order valence-electron chi connectivity index (χ2n) is 8.55. The van der Waals surface area contributed by atoms with Crippen molar-refractivity contribution in [2.24, 2.45) is 0 Å². The van der Waals surface area contributed by atoms with Crippen molar-refractivity contribution in [3.63, 3.8) is 0 Å². The van der Waals surface area contributed by atoms with E-state index in [1.54, 1.807) is 0 Å². The van der Waals surface area contributed by atoms with Gasteiger partial charge in [0, 0.05) is 42.3 Å². The molecule has 2 aromatic rings. The number of Topliss-reactive ketones (excluding diaryl/α,β-unsaturated/α-hetero) is 2. The Bertz CT molecular complexity index is 924. The Morgan fingerprint density at radius 2 is 1.69 bits per heavy atom. The van der Waals surface area contributed by atoms with Gasteiger partial charge in [-0.1, -0.05) is 83.7 Å².